The number of hydrogen-bond acceptors (Lipinski definition) is 4. The number of aliphatic hydroxyl groups is 1. The zero-order valence-corrected chi connectivity index (χ0v) is 13.4. The molecule has 1 unspecified atom stereocenters. The molecule has 4 heteroatoms. The van der Waals surface area contributed by atoms with Gasteiger partial charge in [-0.15, -0.1) is 0 Å². The topological polar surface area (TPSA) is 38.7 Å². The van der Waals surface area contributed by atoms with Crippen molar-refractivity contribution in [2.45, 2.75) is 57.5 Å². The van der Waals surface area contributed by atoms with Crippen LogP contribution in [0.3, 0.4) is 0 Å². The first-order chi connectivity index (χ1) is 9.65. The smallest absolute Gasteiger partial charge is 0.0610 e. The van der Waals surface area contributed by atoms with E-state index in [0.717, 1.165) is 6.42 Å². The van der Waals surface area contributed by atoms with Gasteiger partial charge in [0.25, 0.3) is 0 Å². The van der Waals surface area contributed by atoms with Gasteiger partial charge in [0.2, 0.25) is 0 Å². The molecule has 0 aromatic rings. The third-order valence-electron chi connectivity index (χ3n) is 4.69. The van der Waals surface area contributed by atoms with Crippen molar-refractivity contribution in [3.8, 4) is 0 Å². The van der Waals surface area contributed by atoms with Crippen molar-refractivity contribution in [2.24, 2.45) is 0 Å². The van der Waals surface area contributed by atoms with Crippen LogP contribution in [0.4, 0.5) is 0 Å². The summed E-state index contributed by atoms with van der Waals surface area (Å²) in [5.41, 5.74) is -0.0643. The van der Waals surface area contributed by atoms with Gasteiger partial charge < -0.3 is 20.2 Å². The molecule has 1 saturated heterocycles. The van der Waals surface area contributed by atoms with Crippen LogP contribution in [-0.4, -0.2) is 72.4 Å². The highest BCUT2D eigenvalue weighted by molar-refractivity contribution is 4.92. The van der Waals surface area contributed by atoms with E-state index in [9.17, 15) is 5.11 Å². The molecule has 118 valence electrons. The molecule has 1 heterocycles. The second-order valence-electron chi connectivity index (χ2n) is 6.92. The lowest BCUT2D eigenvalue weighted by Crippen LogP contribution is -2.49. The molecular formula is C16H33N3O. The van der Waals surface area contributed by atoms with Gasteiger partial charge in [-0.2, -0.15) is 0 Å². The van der Waals surface area contributed by atoms with Crippen LogP contribution in [0.2, 0.25) is 0 Å². The number of piperazine rings is 1. The fourth-order valence-corrected chi connectivity index (χ4v) is 3.16. The van der Waals surface area contributed by atoms with Gasteiger partial charge in [0, 0.05) is 37.8 Å². The van der Waals surface area contributed by atoms with Gasteiger partial charge in [-0.3, -0.25) is 0 Å². The van der Waals surface area contributed by atoms with E-state index < -0.39 is 0 Å². The van der Waals surface area contributed by atoms with Gasteiger partial charge >= 0.3 is 0 Å². The number of nitrogens with zero attached hydrogens (tertiary/aromatic N) is 2. The highest BCUT2D eigenvalue weighted by Crippen LogP contribution is 2.24. The zero-order chi connectivity index (χ0) is 14.4. The quantitative estimate of drug-likeness (QED) is 0.669. The first kappa shape index (κ1) is 16.2. The second kappa shape index (κ2) is 7.74. The lowest BCUT2D eigenvalue weighted by Gasteiger charge is -2.35. The van der Waals surface area contributed by atoms with Crippen LogP contribution in [-0.2, 0) is 0 Å². The number of rotatable bonds is 9. The Labute approximate surface area is 124 Å². The summed E-state index contributed by atoms with van der Waals surface area (Å²) in [6.45, 7) is 12.0. The Kier molecular flexibility index (Phi) is 6.27. The fraction of sp³-hybridized carbons (Fsp3) is 1.00. The number of nitrogens with one attached hydrogen (secondary N) is 1. The summed E-state index contributed by atoms with van der Waals surface area (Å²) < 4.78 is 0. The van der Waals surface area contributed by atoms with Crippen molar-refractivity contribution >= 4 is 0 Å². The van der Waals surface area contributed by atoms with Crippen LogP contribution in [0.15, 0.2) is 0 Å². The minimum Gasteiger partial charge on any atom is -0.394 e. The van der Waals surface area contributed by atoms with E-state index in [0.29, 0.717) is 6.04 Å². The molecular weight excluding hydrogens is 250 g/mol. The molecule has 2 N–H and O–H groups in total. The average Bonchev–Trinajstić information content (AvgIpc) is 3.25. The van der Waals surface area contributed by atoms with Crippen molar-refractivity contribution in [1.82, 2.24) is 15.1 Å². The SMILES string of the molecule is CCCN1CCN(CCCC(C)(CO)NC2CC2)CC1. The summed E-state index contributed by atoms with van der Waals surface area (Å²) in [4.78, 5) is 5.16. The van der Waals surface area contributed by atoms with Crippen LogP contribution in [0, 0.1) is 0 Å². The molecule has 0 amide bonds. The van der Waals surface area contributed by atoms with Crippen LogP contribution in [0.25, 0.3) is 0 Å². The maximum Gasteiger partial charge on any atom is 0.0610 e. The van der Waals surface area contributed by atoms with E-state index in [-0.39, 0.29) is 12.1 Å². The van der Waals surface area contributed by atoms with Gasteiger partial charge in [-0.25, -0.2) is 0 Å². The molecule has 1 atom stereocenters. The predicted molar refractivity (Wildman–Crippen MR) is 84.1 cm³/mol. The van der Waals surface area contributed by atoms with Crippen LogP contribution in [0.5, 0.6) is 0 Å². The van der Waals surface area contributed by atoms with E-state index in [2.05, 4.69) is 29.0 Å². The molecule has 2 fully saturated rings. The van der Waals surface area contributed by atoms with Gasteiger partial charge in [-0.05, 0) is 52.1 Å². The molecule has 4 nitrogen and oxygen atoms in total. The number of hydrogen-bond donors (Lipinski definition) is 2. The Balaban J connectivity index is 1.60. The summed E-state index contributed by atoms with van der Waals surface area (Å²) in [7, 11) is 0. The maximum atomic E-state index is 9.61. The molecule has 20 heavy (non-hydrogen) atoms. The monoisotopic (exact) mass is 283 g/mol. The highest BCUT2D eigenvalue weighted by atomic mass is 16.3. The van der Waals surface area contributed by atoms with Gasteiger partial charge in [0.15, 0.2) is 0 Å². The molecule has 1 saturated carbocycles. The normalized spacial score (nSPS) is 24.8. The first-order valence-electron chi connectivity index (χ1n) is 8.48. The summed E-state index contributed by atoms with van der Waals surface area (Å²) in [5, 5.41) is 13.2. The largest absolute Gasteiger partial charge is 0.394 e. The minimum absolute atomic E-state index is 0.0643. The second-order valence-corrected chi connectivity index (χ2v) is 6.92. The molecule has 0 aromatic heterocycles. The van der Waals surface area contributed by atoms with Gasteiger partial charge in [0.1, 0.15) is 0 Å². The fourth-order valence-electron chi connectivity index (χ4n) is 3.16. The summed E-state index contributed by atoms with van der Waals surface area (Å²) >= 11 is 0. The Morgan fingerprint density at radius 3 is 2.20 bits per heavy atom. The summed E-state index contributed by atoms with van der Waals surface area (Å²) in [5.74, 6) is 0. The maximum absolute atomic E-state index is 9.61. The average molecular weight is 283 g/mol. The van der Waals surface area contributed by atoms with Crippen molar-refractivity contribution in [3.63, 3.8) is 0 Å². The third kappa shape index (κ3) is 5.32. The molecule has 1 aliphatic carbocycles. The Morgan fingerprint density at radius 2 is 1.70 bits per heavy atom. The lowest BCUT2D eigenvalue weighted by atomic mass is 9.96. The highest BCUT2D eigenvalue weighted by Gasteiger charge is 2.31. The van der Waals surface area contributed by atoms with Crippen molar-refractivity contribution in [3.05, 3.63) is 0 Å². The Bertz CT molecular complexity index is 275. The van der Waals surface area contributed by atoms with E-state index in [1.165, 1.54) is 65.0 Å². The molecule has 1 aliphatic heterocycles. The minimum atomic E-state index is -0.0643. The van der Waals surface area contributed by atoms with Crippen molar-refractivity contribution < 1.29 is 5.11 Å². The van der Waals surface area contributed by atoms with E-state index in [4.69, 9.17) is 0 Å². The first-order valence-corrected chi connectivity index (χ1v) is 8.48. The standard InChI is InChI=1S/C16H33N3O/c1-3-8-18-10-12-19(13-11-18)9-4-7-16(2,14-20)17-15-5-6-15/h15,17,20H,3-14H2,1-2H3. The lowest BCUT2D eigenvalue weighted by molar-refractivity contribution is 0.120. The Hall–Kier alpha value is -0.160. The molecule has 0 radical (unpaired) electrons. The molecule has 0 spiro atoms. The molecule has 2 aliphatic rings. The molecule has 0 bridgehead atoms. The zero-order valence-electron chi connectivity index (χ0n) is 13.4. The van der Waals surface area contributed by atoms with E-state index >= 15 is 0 Å². The van der Waals surface area contributed by atoms with E-state index in [1.807, 2.05) is 0 Å². The molecule has 2 rings (SSSR count). The summed E-state index contributed by atoms with van der Waals surface area (Å²) in [6.07, 6.45) is 6.10. The van der Waals surface area contributed by atoms with Gasteiger partial charge in [0.05, 0.1) is 6.61 Å². The van der Waals surface area contributed by atoms with Crippen LogP contribution in [0.1, 0.15) is 46.0 Å². The van der Waals surface area contributed by atoms with Crippen molar-refractivity contribution in [1.29, 1.82) is 0 Å². The third-order valence-corrected chi connectivity index (χ3v) is 4.69. The summed E-state index contributed by atoms with van der Waals surface area (Å²) in [6, 6.07) is 0.671. The number of aliphatic hydroxyl groups excluding tert-OH is 1. The van der Waals surface area contributed by atoms with Crippen LogP contribution < -0.4 is 5.32 Å². The van der Waals surface area contributed by atoms with Crippen molar-refractivity contribution in [2.75, 3.05) is 45.9 Å². The van der Waals surface area contributed by atoms with Gasteiger partial charge in [-0.1, -0.05) is 6.92 Å². The Morgan fingerprint density at radius 1 is 1.10 bits per heavy atom. The van der Waals surface area contributed by atoms with Crippen LogP contribution >= 0.6 is 0 Å². The predicted octanol–water partition coefficient (Wildman–Crippen LogP) is 1.30. The van der Waals surface area contributed by atoms with E-state index in [1.54, 1.807) is 0 Å². The molecule has 0 aromatic carbocycles.